The summed E-state index contributed by atoms with van der Waals surface area (Å²) in [5.41, 5.74) is 0.248. The quantitative estimate of drug-likeness (QED) is 0.759. The van der Waals surface area contributed by atoms with Crippen molar-refractivity contribution in [3.05, 3.63) is 12.5 Å². The van der Waals surface area contributed by atoms with Crippen molar-refractivity contribution in [3.8, 4) is 5.88 Å². The monoisotopic (exact) mass is 195 g/mol. The van der Waals surface area contributed by atoms with Gasteiger partial charge in [-0.2, -0.15) is 0 Å². The van der Waals surface area contributed by atoms with Gasteiger partial charge in [-0.3, -0.25) is 4.79 Å². The van der Waals surface area contributed by atoms with Gasteiger partial charge in [0.05, 0.1) is 6.20 Å². The Morgan fingerprint density at radius 1 is 1.64 bits per heavy atom. The predicted molar refractivity (Wildman–Crippen MR) is 51.8 cm³/mol. The van der Waals surface area contributed by atoms with Crippen LogP contribution in [0.3, 0.4) is 0 Å². The number of anilines is 1. The molecule has 1 aromatic heterocycles. The molecule has 14 heavy (non-hydrogen) atoms. The van der Waals surface area contributed by atoms with Crippen LogP contribution in [0.1, 0.15) is 20.3 Å². The zero-order chi connectivity index (χ0) is 10.6. The molecule has 0 saturated carbocycles. The van der Waals surface area contributed by atoms with Crippen molar-refractivity contribution in [2.45, 2.75) is 20.3 Å². The Morgan fingerprint density at radius 3 is 2.93 bits per heavy atom. The molecule has 0 aliphatic heterocycles. The molecule has 1 rings (SSSR count). The van der Waals surface area contributed by atoms with Gasteiger partial charge in [0.15, 0.2) is 0 Å². The summed E-state index contributed by atoms with van der Waals surface area (Å²) in [4.78, 5) is 18.5. The minimum Gasteiger partial charge on any atom is -0.492 e. The smallest absolute Gasteiger partial charge is 0.238 e. The van der Waals surface area contributed by atoms with Crippen LogP contribution >= 0.6 is 0 Å². The highest BCUT2D eigenvalue weighted by Gasteiger charge is 2.08. The lowest BCUT2D eigenvalue weighted by atomic mass is 10.1. The Balaban J connectivity index is 2.61. The number of amides is 1. The molecular weight excluding hydrogens is 182 g/mol. The summed E-state index contributed by atoms with van der Waals surface area (Å²) in [6, 6.07) is 0. The van der Waals surface area contributed by atoms with Crippen LogP contribution in [0.5, 0.6) is 5.88 Å². The number of nitrogens with zero attached hydrogens (tertiary/aromatic N) is 2. The lowest BCUT2D eigenvalue weighted by Crippen LogP contribution is -2.14. The first-order chi connectivity index (χ1) is 6.59. The molecule has 2 N–H and O–H groups in total. The molecule has 0 aliphatic rings. The number of aromatic nitrogens is 2. The van der Waals surface area contributed by atoms with Gasteiger partial charge in [0.2, 0.25) is 11.8 Å². The summed E-state index contributed by atoms with van der Waals surface area (Å²) in [6.07, 6.45) is 2.99. The van der Waals surface area contributed by atoms with Crippen LogP contribution in [0.4, 0.5) is 5.69 Å². The minimum absolute atomic E-state index is 0.148. The van der Waals surface area contributed by atoms with E-state index in [-0.39, 0.29) is 23.4 Å². The van der Waals surface area contributed by atoms with E-state index in [4.69, 9.17) is 0 Å². The molecule has 0 spiro atoms. The summed E-state index contributed by atoms with van der Waals surface area (Å²) in [5, 5.41) is 11.8. The molecule has 1 aromatic rings. The Morgan fingerprint density at radius 2 is 2.36 bits per heavy atom. The molecule has 5 heteroatoms. The van der Waals surface area contributed by atoms with Crippen LogP contribution in [0.25, 0.3) is 0 Å². The van der Waals surface area contributed by atoms with Crippen molar-refractivity contribution >= 4 is 11.6 Å². The minimum atomic E-state index is -0.211. The van der Waals surface area contributed by atoms with Crippen LogP contribution in [0.2, 0.25) is 0 Å². The molecule has 5 nitrogen and oxygen atoms in total. The second-order valence-corrected chi connectivity index (χ2v) is 3.41. The molecule has 0 aliphatic carbocycles. The normalized spacial score (nSPS) is 10.2. The fourth-order valence-electron chi connectivity index (χ4n) is 0.983. The van der Waals surface area contributed by atoms with E-state index in [1.807, 2.05) is 13.8 Å². The molecule has 0 fully saturated rings. The van der Waals surface area contributed by atoms with Crippen LogP contribution < -0.4 is 5.32 Å². The summed E-state index contributed by atoms with van der Waals surface area (Å²) >= 11 is 0. The maximum absolute atomic E-state index is 11.3. The van der Waals surface area contributed by atoms with E-state index in [2.05, 4.69) is 15.3 Å². The third kappa shape index (κ3) is 3.01. The van der Waals surface area contributed by atoms with Crippen molar-refractivity contribution in [3.63, 3.8) is 0 Å². The fraction of sp³-hybridized carbons (Fsp3) is 0.444. The highest BCUT2D eigenvalue weighted by Crippen LogP contribution is 2.17. The average molecular weight is 195 g/mol. The van der Waals surface area contributed by atoms with Crippen molar-refractivity contribution in [2.24, 2.45) is 5.92 Å². The number of hydrogen-bond acceptors (Lipinski definition) is 4. The summed E-state index contributed by atoms with van der Waals surface area (Å²) < 4.78 is 0. The Labute approximate surface area is 82.2 Å². The Hall–Kier alpha value is -1.65. The van der Waals surface area contributed by atoms with Gasteiger partial charge in [-0.1, -0.05) is 13.8 Å². The topological polar surface area (TPSA) is 75.1 Å². The van der Waals surface area contributed by atoms with Crippen LogP contribution in [0.15, 0.2) is 12.5 Å². The molecule has 0 atom stereocenters. The van der Waals surface area contributed by atoms with E-state index >= 15 is 0 Å². The number of aromatic hydroxyl groups is 1. The van der Waals surface area contributed by atoms with E-state index < -0.39 is 0 Å². The maximum Gasteiger partial charge on any atom is 0.238 e. The second kappa shape index (κ2) is 4.55. The van der Waals surface area contributed by atoms with Gasteiger partial charge in [-0.05, 0) is 5.92 Å². The van der Waals surface area contributed by atoms with Gasteiger partial charge in [0.25, 0.3) is 0 Å². The standard InChI is InChI=1S/C9H13N3O2/c1-6(2)3-8(13)12-7-4-10-5-11-9(7)14/h4-6H,3H2,1-2H3,(H,12,13)(H,10,11,14). The maximum atomic E-state index is 11.3. The van der Waals surface area contributed by atoms with E-state index in [9.17, 15) is 9.90 Å². The van der Waals surface area contributed by atoms with Gasteiger partial charge in [-0.25, -0.2) is 9.97 Å². The van der Waals surface area contributed by atoms with E-state index in [0.717, 1.165) is 0 Å². The molecule has 0 saturated heterocycles. The Bertz CT molecular complexity index is 326. The first kappa shape index (κ1) is 10.4. The van der Waals surface area contributed by atoms with Crippen molar-refractivity contribution in [1.82, 2.24) is 9.97 Å². The van der Waals surface area contributed by atoms with Crippen molar-refractivity contribution in [2.75, 3.05) is 5.32 Å². The fourth-order valence-corrected chi connectivity index (χ4v) is 0.983. The zero-order valence-electron chi connectivity index (χ0n) is 8.19. The highest BCUT2D eigenvalue weighted by molar-refractivity contribution is 5.91. The van der Waals surface area contributed by atoms with Crippen LogP contribution in [0, 0.1) is 5.92 Å². The lowest BCUT2D eigenvalue weighted by Gasteiger charge is -2.06. The summed E-state index contributed by atoms with van der Waals surface area (Å²) in [6.45, 7) is 3.89. The second-order valence-electron chi connectivity index (χ2n) is 3.41. The van der Waals surface area contributed by atoms with Gasteiger partial charge < -0.3 is 10.4 Å². The van der Waals surface area contributed by atoms with E-state index in [1.165, 1.54) is 12.5 Å². The first-order valence-electron chi connectivity index (χ1n) is 4.38. The molecule has 0 bridgehead atoms. The molecule has 1 heterocycles. The van der Waals surface area contributed by atoms with Gasteiger partial charge in [-0.15, -0.1) is 0 Å². The zero-order valence-corrected chi connectivity index (χ0v) is 8.19. The number of nitrogens with one attached hydrogen (secondary N) is 1. The average Bonchev–Trinajstić information content (AvgIpc) is 2.07. The first-order valence-corrected chi connectivity index (χ1v) is 4.38. The number of carbonyl (C=O) groups excluding carboxylic acids is 1. The third-order valence-electron chi connectivity index (χ3n) is 1.56. The summed E-state index contributed by atoms with van der Waals surface area (Å²) in [7, 11) is 0. The van der Waals surface area contributed by atoms with E-state index in [1.54, 1.807) is 0 Å². The SMILES string of the molecule is CC(C)CC(=O)Nc1cncnc1O. The summed E-state index contributed by atoms with van der Waals surface area (Å²) in [5.74, 6) is -0.0796. The third-order valence-corrected chi connectivity index (χ3v) is 1.56. The Kier molecular flexibility index (Phi) is 3.39. The highest BCUT2D eigenvalue weighted by atomic mass is 16.3. The number of carbonyl (C=O) groups is 1. The van der Waals surface area contributed by atoms with Crippen LogP contribution in [-0.2, 0) is 4.79 Å². The van der Waals surface area contributed by atoms with E-state index in [0.29, 0.717) is 6.42 Å². The molecule has 76 valence electrons. The molecular formula is C9H13N3O2. The van der Waals surface area contributed by atoms with Gasteiger partial charge in [0.1, 0.15) is 12.0 Å². The van der Waals surface area contributed by atoms with Crippen molar-refractivity contribution in [1.29, 1.82) is 0 Å². The van der Waals surface area contributed by atoms with Crippen molar-refractivity contribution < 1.29 is 9.90 Å². The van der Waals surface area contributed by atoms with Crippen LogP contribution in [-0.4, -0.2) is 21.0 Å². The molecule has 1 amide bonds. The van der Waals surface area contributed by atoms with Gasteiger partial charge in [0, 0.05) is 6.42 Å². The predicted octanol–water partition coefficient (Wildman–Crippen LogP) is 1.17. The number of rotatable bonds is 3. The lowest BCUT2D eigenvalue weighted by molar-refractivity contribution is -0.116. The number of hydrogen-bond donors (Lipinski definition) is 2. The van der Waals surface area contributed by atoms with Gasteiger partial charge >= 0.3 is 0 Å². The molecule has 0 radical (unpaired) electrons. The largest absolute Gasteiger partial charge is 0.492 e. The molecule has 0 aromatic carbocycles. The molecule has 0 unspecified atom stereocenters.